The average Bonchev–Trinajstić information content (AvgIpc) is 2.81. The number of carbonyl (C=O) groups is 1. The lowest BCUT2D eigenvalue weighted by Crippen LogP contribution is -2.15. The molecule has 0 unspecified atom stereocenters. The van der Waals surface area contributed by atoms with Gasteiger partial charge in [0, 0.05) is 12.1 Å². The van der Waals surface area contributed by atoms with E-state index in [1.54, 1.807) is 0 Å². The average molecular weight is 499 g/mol. The molecule has 0 spiro atoms. The van der Waals surface area contributed by atoms with Gasteiger partial charge in [-0.2, -0.15) is 26.3 Å². The quantitative estimate of drug-likeness (QED) is 0.166. The molecule has 6 nitrogen and oxygen atoms in total. The minimum Gasteiger partial charge on any atom is -0.480 e. The highest BCUT2D eigenvalue weighted by atomic mass is 19.4. The molecule has 0 aliphatic carbocycles. The van der Waals surface area contributed by atoms with Crippen molar-refractivity contribution in [2.75, 3.05) is 7.11 Å². The van der Waals surface area contributed by atoms with E-state index in [1.807, 2.05) is 0 Å². The summed E-state index contributed by atoms with van der Waals surface area (Å²) in [6.45, 7) is 0. The van der Waals surface area contributed by atoms with E-state index < -0.39 is 51.7 Å². The molecular formula is C23H15F6NO5. The van der Waals surface area contributed by atoms with Gasteiger partial charge in [-0.15, -0.1) is 0 Å². The molecule has 184 valence electrons. The van der Waals surface area contributed by atoms with Crippen molar-refractivity contribution in [1.29, 1.82) is 0 Å². The van der Waals surface area contributed by atoms with Crippen LogP contribution in [0, 0.1) is 10.1 Å². The van der Waals surface area contributed by atoms with Crippen molar-refractivity contribution >= 4 is 11.7 Å². The molecule has 0 heterocycles. The first-order valence-corrected chi connectivity index (χ1v) is 9.69. The molecule has 0 saturated carbocycles. The van der Waals surface area contributed by atoms with E-state index in [0.29, 0.717) is 12.1 Å². The van der Waals surface area contributed by atoms with Crippen LogP contribution in [0.5, 0.6) is 5.75 Å². The summed E-state index contributed by atoms with van der Waals surface area (Å²) >= 11 is 0. The van der Waals surface area contributed by atoms with Crippen molar-refractivity contribution in [3.63, 3.8) is 0 Å². The zero-order valence-electron chi connectivity index (χ0n) is 17.7. The van der Waals surface area contributed by atoms with Gasteiger partial charge in [-0.3, -0.25) is 10.1 Å². The molecule has 3 rings (SSSR count). The van der Waals surface area contributed by atoms with E-state index in [2.05, 4.69) is 4.74 Å². The molecule has 0 N–H and O–H groups in total. The summed E-state index contributed by atoms with van der Waals surface area (Å²) in [5.41, 5.74) is -3.44. The van der Waals surface area contributed by atoms with Crippen molar-refractivity contribution in [3.8, 4) is 5.75 Å². The zero-order chi connectivity index (χ0) is 26.0. The smallest absolute Gasteiger partial charge is 0.416 e. The van der Waals surface area contributed by atoms with Gasteiger partial charge in [-0.25, -0.2) is 4.79 Å². The Morgan fingerprint density at radius 3 is 1.80 bits per heavy atom. The number of benzene rings is 3. The number of nitro groups is 1. The third kappa shape index (κ3) is 5.89. The van der Waals surface area contributed by atoms with E-state index in [4.69, 9.17) is 4.74 Å². The van der Waals surface area contributed by atoms with E-state index in [9.17, 15) is 41.3 Å². The molecule has 0 aliphatic heterocycles. The summed E-state index contributed by atoms with van der Waals surface area (Å²) in [4.78, 5) is 22.5. The number of hydrogen-bond acceptors (Lipinski definition) is 5. The summed E-state index contributed by atoms with van der Waals surface area (Å²) in [6, 6.07) is 10.3. The Morgan fingerprint density at radius 2 is 1.37 bits per heavy atom. The lowest BCUT2D eigenvalue weighted by Gasteiger charge is -2.23. The third-order valence-corrected chi connectivity index (χ3v) is 4.86. The van der Waals surface area contributed by atoms with Gasteiger partial charge in [0.2, 0.25) is 0 Å². The Balaban J connectivity index is 2.19. The fraction of sp³-hybridized carbons (Fsp3) is 0.174. The van der Waals surface area contributed by atoms with Crippen molar-refractivity contribution < 1.29 is 45.5 Å². The number of rotatable bonds is 6. The first-order valence-electron chi connectivity index (χ1n) is 9.69. The summed E-state index contributed by atoms with van der Waals surface area (Å²) in [7, 11) is 0.988. The fourth-order valence-corrected chi connectivity index (χ4v) is 3.22. The number of nitrogens with zero attached hydrogens (tertiary/aromatic N) is 1. The highest BCUT2D eigenvalue weighted by Crippen LogP contribution is 2.38. The summed E-state index contributed by atoms with van der Waals surface area (Å²) < 4.78 is 90.2. The number of carbonyl (C=O) groups excluding carboxylic acids is 1. The van der Waals surface area contributed by atoms with Gasteiger partial charge in [0.05, 0.1) is 23.2 Å². The number of hydrogen-bond donors (Lipinski definition) is 0. The molecule has 0 aromatic heterocycles. The minimum absolute atomic E-state index is 0.173. The second kappa shape index (κ2) is 9.65. The van der Waals surface area contributed by atoms with Gasteiger partial charge in [-0.05, 0) is 41.5 Å². The van der Waals surface area contributed by atoms with Gasteiger partial charge in [0.1, 0.15) is 17.4 Å². The first kappa shape index (κ1) is 25.5. The molecule has 0 atom stereocenters. The number of ether oxygens (including phenoxy) is 2. The van der Waals surface area contributed by atoms with Crippen LogP contribution in [0.3, 0.4) is 0 Å². The maximum Gasteiger partial charge on any atom is 0.416 e. The molecule has 0 amide bonds. The van der Waals surface area contributed by atoms with Gasteiger partial charge in [-0.1, -0.05) is 24.3 Å². The highest BCUT2D eigenvalue weighted by molar-refractivity contribution is 5.93. The topological polar surface area (TPSA) is 78.7 Å². The highest BCUT2D eigenvalue weighted by Gasteiger charge is 2.34. The molecule has 3 aromatic carbocycles. The van der Waals surface area contributed by atoms with Crippen LogP contribution in [0.4, 0.5) is 32.0 Å². The van der Waals surface area contributed by atoms with Gasteiger partial charge in [0.25, 0.3) is 5.69 Å². The van der Waals surface area contributed by atoms with Crippen LogP contribution in [-0.4, -0.2) is 18.0 Å². The van der Waals surface area contributed by atoms with Gasteiger partial charge < -0.3 is 9.47 Å². The van der Waals surface area contributed by atoms with Crippen LogP contribution < -0.4 is 4.74 Å². The Labute approximate surface area is 193 Å². The molecule has 3 aromatic rings. The predicted octanol–water partition coefficient (Wildman–Crippen LogP) is 6.59. The minimum atomic E-state index is -4.75. The van der Waals surface area contributed by atoms with Crippen molar-refractivity contribution in [3.05, 3.63) is 105 Å². The molecule has 12 heteroatoms. The normalized spacial score (nSPS) is 11.9. The number of nitro benzene ring substituents is 1. The maximum atomic E-state index is 13.3. The maximum absolute atomic E-state index is 13.3. The van der Waals surface area contributed by atoms with Crippen molar-refractivity contribution in [2.24, 2.45) is 0 Å². The first-order chi connectivity index (χ1) is 16.3. The standard InChI is InChI=1S/C23H15F6NO5/c1-34-21(31)18-12-17(30(32)33)8-9-19(18)35-20(13-4-2-6-15(10-13)22(24,25)26)14-5-3-7-16(11-14)23(27,28)29/h2-12,20H,1H3. The summed E-state index contributed by atoms with van der Waals surface area (Å²) in [5.74, 6) is -1.40. The molecule has 35 heavy (non-hydrogen) atoms. The molecule has 0 bridgehead atoms. The van der Waals surface area contributed by atoms with Crippen LogP contribution in [-0.2, 0) is 17.1 Å². The van der Waals surface area contributed by atoms with E-state index in [1.165, 1.54) is 12.1 Å². The molecule has 0 fully saturated rings. The van der Waals surface area contributed by atoms with E-state index in [0.717, 1.165) is 49.6 Å². The monoisotopic (exact) mass is 499 g/mol. The summed E-state index contributed by atoms with van der Waals surface area (Å²) in [5, 5.41) is 11.1. The number of methoxy groups -OCH3 is 1. The van der Waals surface area contributed by atoms with Crippen LogP contribution in [0.15, 0.2) is 66.7 Å². The largest absolute Gasteiger partial charge is 0.480 e. The Kier molecular flexibility index (Phi) is 7.04. The number of alkyl halides is 6. The second-order valence-electron chi connectivity index (χ2n) is 7.17. The Bertz CT molecular complexity index is 1200. The molecule has 0 radical (unpaired) electrons. The number of esters is 1. The van der Waals surface area contributed by atoms with Gasteiger partial charge in [0.15, 0.2) is 0 Å². The molecule has 0 aliphatic rings. The van der Waals surface area contributed by atoms with Gasteiger partial charge >= 0.3 is 18.3 Å². The second-order valence-corrected chi connectivity index (χ2v) is 7.17. The lowest BCUT2D eigenvalue weighted by molar-refractivity contribution is -0.384. The Hall–Kier alpha value is -4.09. The van der Waals surface area contributed by atoms with E-state index in [-0.39, 0.29) is 16.9 Å². The third-order valence-electron chi connectivity index (χ3n) is 4.86. The van der Waals surface area contributed by atoms with Crippen LogP contribution >= 0.6 is 0 Å². The SMILES string of the molecule is COC(=O)c1cc([N+](=O)[O-])ccc1OC(c1cccc(C(F)(F)F)c1)c1cccc(C(F)(F)F)c1. The van der Waals surface area contributed by atoms with Crippen LogP contribution in [0.25, 0.3) is 0 Å². The summed E-state index contributed by atoms with van der Waals surface area (Å²) in [6.07, 6.45) is -11.1. The van der Waals surface area contributed by atoms with E-state index >= 15 is 0 Å². The zero-order valence-corrected chi connectivity index (χ0v) is 17.7. The number of halogens is 6. The molecular weight excluding hydrogens is 484 g/mol. The lowest BCUT2D eigenvalue weighted by atomic mass is 9.97. The molecule has 0 saturated heterocycles. The van der Waals surface area contributed by atoms with Crippen LogP contribution in [0.1, 0.15) is 38.7 Å². The van der Waals surface area contributed by atoms with Crippen molar-refractivity contribution in [2.45, 2.75) is 18.5 Å². The van der Waals surface area contributed by atoms with Crippen molar-refractivity contribution in [1.82, 2.24) is 0 Å². The predicted molar refractivity (Wildman–Crippen MR) is 110 cm³/mol. The van der Waals surface area contributed by atoms with Crippen LogP contribution in [0.2, 0.25) is 0 Å². The number of non-ortho nitro benzene ring substituents is 1. The fourth-order valence-electron chi connectivity index (χ4n) is 3.22. The Morgan fingerprint density at radius 1 is 0.857 bits per heavy atom.